The van der Waals surface area contributed by atoms with Gasteiger partial charge in [0, 0.05) is 25.2 Å². The van der Waals surface area contributed by atoms with Crippen LogP contribution in [0.15, 0.2) is 47.8 Å². The number of nitrogens with one attached hydrogen (secondary N) is 1. The van der Waals surface area contributed by atoms with Crippen molar-refractivity contribution in [1.29, 1.82) is 0 Å². The second-order valence-corrected chi connectivity index (χ2v) is 9.31. The number of nitrogens with zero attached hydrogens (tertiary/aromatic N) is 6. The zero-order valence-corrected chi connectivity index (χ0v) is 19.0. The van der Waals surface area contributed by atoms with E-state index in [0.29, 0.717) is 11.0 Å². The molecule has 2 aromatic heterocycles. The molecule has 0 spiro atoms. The summed E-state index contributed by atoms with van der Waals surface area (Å²) in [6.45, 7) is 7.91. The van der Waals surface area contributed by atoms with Gasteiger partial charge in [0.15, 0.2) is 5.16 Å². The van der Waals surface area contributed by atoms with Crippen molar-refractivity contribution in [2.24, 2.45) is 0 Å². The molecule has 1 unspecified atom stereocenters. The van der Waals surface area contributed by atoms with E-state index in [1.807, 2.05) is 57.2 Å². The Hall–Kier alpha value is -2.81. The molecule has 1 aromatic carbocycles. The molecule has 4 rings (SSSR count). The Morgan fingerprint density at radius 2 is 1.77 bits per heavy atom. The average Bonchev–Trinajstić information content (AvgIpc) is 3.42. The van der Waals surface area contributed by atoms with E-state index in [2.05, 4.69) is 30.1 Å². The van der Waals surface area contributed by atoms with E-state index >= 15 is 0 Å². The molecule has 1 aliphatic rings. The Kier molecular flexibility index (Phi) is 6.60. The Labute approximate surface area is 187 Å². The van der Waals surface area contributed by atoms with E-state index in [9.17, 15) is 4.79 Å². The van der Waals surface area contributed by atoms with Crippen molar-refractivity contribution < 1.29 is 4.79 Å². The number of benzene rings is 1. The second kappa shape index (κ2) is 9.55. The highest BCUT2D eigenvalue weighted by molar-refractivity contribution is 8.00. The molecule has 0 radical (unpaired) electrons. The zero-order chi connectivity index (χ0) is 21.8. The van der Waals surface area contributed by atoms with Gasteiger partial charge in [0.05, 0.1) is 17.1 Å². The van der Waals surface area contributed by atoms with Gasteiger partial charge in [-0.15, -0.1) is 10.2 Å². The molecule has 3 heterocycles. The van der Waals surface area contributed by atoms with Gasteiger partial charge in [-0.2, -0.15) is 5.10 Å². The van der Waals surface area contributed by atoms with Crippen LogP contribution in [0.1, 0.15) is 46.1 Å². The number of amides is 1. The van der Waals surface area contributed by atoms with Gasteiger partial charge >= 0.3 is 0 Å². The van der Waals surface area contributed by atoms with Crippen LogP contribution in [-0.2, 0) is 4.79 Å². The average molecular weight is 440 g/mol. The summed E-state index contributed by atoms with van der Waals surface area (Å²) >= 11 is 1.42. The summed E-state index contributed by atoms with van der Waals surface area (Å²) in [5.74, 6) is 1.46. The van der Waals surface area contributed by atoms with Crippen LogP contribution in [0.5, 0.6) is 0 Å². The highest BCUT2D eigenvalue weighted by Crippen LogP contribution is 2.31. The first-order valence-electron chi connectivity index (χ1n) is 10.8. The van der Waals surface area contributed by atoms with Gasteiger partial charge < -0.3 is 10.2 Å². The van der Waals surface area contributed by atoms with Crippen molar-refractivity contribution in [3.63, 3.8) is 0 Å². The first kappa shape index (κ1) is 21.4. The first-order chi connectivity index (χ1) is 15.0. The fraction of sp³-hybridized carbons (Fsp3) is 0.455. The Bertz CT molecular complexity index is 1010. The number of rotatable bonds is 7. The monoisotopic (exact) mass is 439 g/mol. The van der Waals surface area contributed by atoms with Crippen LogP contribution < -0.4 is 10.2 Å². The molecule has 1 aliphatic heterocycles. The molecular weight excluding hydrogens is 410 g/mol. The van der Waals surface area contributed by atoms with Gasteiger partial charge in [-0.3, -0.25) is 9.36 Å². The summed E-state index contributed by atoms with van der Waals surface area (Å²) in [6.07, 6.45) is 5.27. The number of carbonyl (C=O) groups excluding carboxylic acids is 1. The molecule has 31 heavy (non-hydrogen) atoms. The van der Waals surface area contributed by atoms with E-state index in [0.717, 1.165) is 37.6 Å². The molecule has 1 fully saturated rings. The fourth-order valence-corrected chi connectivity index (χ4v) is 4.57. The molecule has 3 aromatic rings. The molecule has 1 amide bonds. The maximum absolute atomic E-state index is 12.9. The van der Waals surface area contributed by atoms with Gasteiger partial charge in [0.1, 0.15) is 5.82 Å². The molecule has 0 bridgehead atoms. The molecule has 0 aliphatic carbocycles. The normalized spacial score (nSPS) is 15.3. The summed E-state index contributed by atoms with van der Waals surface area (Å²) in [5, 5.41) is 16.6. The van der Waals surface area contributed by atoms with Gasteiger partial charge in [-0.1, -0.05) is 30.0 Å². The van der Waals surface area contributed by atoms with Crippen LogP contribution in [0.25, 0.3) is 5.69 Å². The van der Waals surface area contributed by atoms with Gasteiger partial charge in [0.2, 0.25) is 11.9 Å². The van der Waals surface area contributed by atoms with E-state index in [4.69, 9.17) is 0 Å². The molecular formula is C22H29N7OS. The van der Waals surface area contributed by atoms with Crippen LogP contribution >= 0.6 is 11.8 Å². The minimum atomic E-state index is -0.351. The maximum Gasteiger partial charge on any atom is 0.238 e. The molecule has 0 saturated carbocycles. The third-order valence-electron chi connectivity index (χ3n) is 5.33. The lowest BCUT2D eigenvalue weighted by atomic mass is 10.1. The van der Waals surface area contributed by atoms with Crippen molar-refractivity contribution in [1.82, 2.24) is 24.5 Å². The summed E-state index contributed by atoms with van der Waals surface area (Å²) in [7, 11) is 0. The van der Waals surface area contributed by atoms with Crippen LogP contribution in [0, 0.1) is 0 Å². The number of para-hydroxylation sites is 1. The van der Waals surface area contributed by atoms with Crippen LogP contribution in [0.3, 0.4) is 0 Å². The van der Waals surface area contributed by atoms with Crippen molar-refractivity contribution in [3.05, 3.63) is 42.6 Å². The van der Waals surface area contributed by atoms with Gasteiger partial charge in [0.25, 0.3) is 0 Å². The quantitative estimate of drug-likeness (QED) is 0.557. The zero-order valence-electron chi connectivity index (χ0n) is 18.2. The third-order valence-corrected chi connectivity index (χ3v) is 6.37. The minimum Gasteiger partial charge on any atom is -0.341 e. The topological polar surface area (TPSA) is 80.9 Å². The number of hydrogen-bond acceptors (Lipinski definition) is 6. The Morgan fingerprint density at radius 1 is 1.03 bits per heavy atom. The summed E-state index contributed by atoms with van der Waals surface area (Å²) < 4.78 is 3.87. The predicted molar refractivity (Wildman–Crippen MR) is 124 cm³/mol. The van der Waals surface area contributed by atoms with Crippen LogP contribution in [0.2, 0.25) is 0 Å². The van der Waals surface area contributed by atoms with E-state index in [-0.39, 0.29) is 17.2 Å². The number of hydrogen-bond donors (Lipinski definition) is 1. The SMILES string of the molecule is CC(Sc1nnc(N2CCCCC2)n1-c1ccccc1)C(=O)Nc1ccnn1C(C)C. The van der Waals surface area contributed by atoms with E-state index < -0.39 is 0 Å². The van der Waals surface area contributed by atoms with Crippen molar-refractivity contribution in [3.8, 4) is 5.69 Å². The first-order valence-corrected chi connectivity index (χ1v) is 11.7. The number of carbonyl (C=O) groups is 1. The molecule has 164 valence electrons. The molecule has 1 atom stereocenters. The maximum atomic E-state index is 12.9. The lowest BCUT2D eigenvalue weighted by molar-refractivity contribution is -0.115. The highest BCUT2D eigenvalue weighted by atomic mass is 32.2. The Balaban J connectivity index is 1.56. The molecule has 1 saturated heterocycles. The highest BCUT2D eigenvalue weighted by Gasteiger charge is 2.25. The van der Waals surface area contributed by atoms with Crippen molar-refractivity contribution >= 4 is 29.4 Å². The smallest absolute Gasteiger partial charge is 0.238 e. The number of anilines is 2. The largest absolute Gasteiger partial charge is 0.341 e. The number of piperidine rings is 1. The van der Waals surface area contributed by atoms with E-state index in [1.54, 1.807) is 10.9 Å². The van der Waals surface area contributed by atoms with E-state index in [1.165, 1.54) is 18.2 Å². The third kappa shape index (κ3) is 4.76. The molecule has 9 heteroatoms. The lowest BCUT2D eigenvalue weighted by Gasteiger charge is -2.28. The summed E-state index contributed by atoms with van der Waals surface area (Å²) in [6, 6.07) is 12.1. The standard InChI is InChI=1S/C22H29N7OS/c1-16(2)29-19(12-13-23-29)24-20(30)17(3)31-22-26-25-21(27-14-8-5-9-15-27)28(22)18-10-6-4-7-11-18/h4,6-7,10-13,16-17H,5,8-9,14-15H2,1-3H3,(H,24,30). The molecule has 1 N–H and O–H groups in total. The van der Waals surface area contributed by atoms with Crippen LogP contribution in [0.4, 0.5) is 11.8 Å². The minimum absolute atomic E-state index is 0.0884. The van der Waals surface area contributed by atoms with Gasteiger partial charge in [-0.05, 0) is 52.2 Å². The van der Waals surface area contributed by atoms with Crippen molar-refractivity contribution in [2.45, 2.75) is 56.5 Å². The number of thioether (sulfide) groups is 1. The second-order valence-electron chi connectivity index (χ2n) is 8.01. The van der Waals surface area contributed by atoms with Gasteiger partial charge in [-0.25, -0.2) is 4.68 Å². The lowest BCUT2D eigenvalue weighted by Crippen LogP contribution is -2.31. The van der Waals surface area contributed by atoms with Crippen molar-refractivity contribution in [2.75, 3.05) is 23.3 Å². The summed E-state index contributed by atoms with van der Waals surface area (Å²) in [4.78, 5) is 15.2. The summed E-state index contributed by atoms with van der Waals surface area (Å²) in [5.41, 5.74) is 1.00. The molecule has 8 nitrogen and oxygen atoms in total. The van der Waals surface area contributed by atoms with Crippen LogP contribution in [-0.4, -0.2) is 48.8 Å². The predicted octanol–water partition coefficient (Wildman–Crippen LogP) is 4.15. The Morgan fingerprint density at radius 3 is 2.48 bits per heavy atom. The number of aromatic nitrogens is 5. The fourth-order valence-electron chi connectivity index (χ4n) is 3.70.